The molecule has 0 spiro atoms. The number of furan rings is 1. The molecule has 0 amide bonds. The van der Waals surface area contributed by atoms with Gasteiger partial charge in [-0.15, -0.1) is 0 Å². The Morgan fingerprint density at radius 3 is 2.73 bits per heavy atom. The summed E-state index contributed by atoms with van der Waals surface area (Å²) >= 11 is 0. The Hall–Kier alpha value is -2.95. The number of aryl methyl sites for hydroxylation is 2. The van der Waals surface area contributed by atoms with Crippen LogP contribution in [0.3, 0.4) is 0 Å². The van der Waals surface area contributed by atoms with Crippen LogP contribution in [0.5, 0.6) is 0 Å². The first-order valence-electron chi connectivity index (χ1n) is 7.17. The second-order valence-corrected chi connectivity index (χ2v) is 5.06. The van der Waals surface area contributed by atoms with Crippen molar-refractivity contribution in [2.45, 2.75) is 12.8 Å². The van der Waals surface area contributed by atoms with E-state index in [0.29, 0.717) is 0 Å². The maximum absolute atomic E-state index is 5.34. The van der Waals surface area contributed by atoms with Gasteiger partial charge in [0.2, 0.25) is 0 Å². The van der Waals surface area contributed by atoms with Gasteiger partial charge in [-0.3, -0.25) is 4.98 Å². The van der Waals surface area contributed by atoms with E-state index in [2.05, 4.69) is 19.9 Å². The highest BCUT2D eigenvalue weighted by Gasteiger charge is 2.07. The molecule has 0 bridgehead atoms. The summed E-state index contributed by atoms with van der Waals surface area (Å²) in [6, 6.07) is 11.6. The smallest absolute Gasteiger partial charge is 0.153 e. The van der Waals surface area contributed by atoms with Gasteiger partial charge in [-0.2, -0.15) is 0 Å². The van der Waals surface area contributed by atoms with E-state index in [1.54, 1.807) is 6.26 Å². The molecule has 0 saturated carbocycles. The van der Waals surface area contributed by atoms with Crippen molar-refractivity contribution in [3.8, 4) is 11.5 Å². The Balaban J connectivity index is 1.49. The van der Waals surface area contributed by atoms with E-state index in [4.69, 9.17) is 4.42 Å². The maximum Gasteiger partial charge on any atom is 0.153 e. The predicted molar refractivity (Wildman–Crippen MR) is 83.2 cm³/mol. The maximum atomic E-state index is 5.34. The summed E-state index contributed by atoms with van der Waals surface area (Å²) in [5.74, 6) is 1.69. The van der Waals surface area contributed by atoms with Crippen LogP contribution in [0.1, 0.15) is 11.5 Å². The number of nitrogens with zero attached hydrogens (tertiary/aromatic N) is 3. The van der Waals surface area contributed by atoms with Crippen molar-refractivity contribution in [2.24, 2.45) is 0 Å². The molecule has 3 aromatic heterocycles. The molecule has 5 nitrogen and oxygen atoms in total. The fourth-order valence-corrected chi connectivity index (χ4v) is 2.40. The molecule has 22 heavy (non-hydrogen) atoms. The number of hydrogen-bond donors (Lipinski definition) is 1. The zero-order valence-corrected chi connectivity index (χ0v) is 11.9. The van der Waals surface area contributed by atoms with Crippen LogP contribution >= 0.6 is 0 Å². The molecule has 0 unspecified atom stereocenters. The average molecular weight is 290 g/mol. The minimum absolute atomic E-state index is 0.771. The standard InChI is InChI=1S/C17H14N4O/c1-2-5-14-13(4-1)18-10-12(20-14)7-8-17-19-11-15(21-17)16-6-3-9-22-16/h1-6,9-11H,7-8H2,(H,19,21). The van der Waals surface area contributed by atoms with Crippen LogP contribution in [0, 0.1) is 0 Å². The van der Waals surface area contributed by atoms with Crippen LogP contribution in [-0.2, 0) is 12.8 Å². The number of hydrogen-bond acceptors (Lipinski definition) is 4. The van der Waals surface area contributed by atoms with E-state index in [1.165, 1.54) is 0 Å². The highest BCUT2D eigenvalue weighted by atomic mass is 16.3. The summed E-state index contributed by atoms with van der Waals surface area (Å²) < 4.78 is 5.34. The molecule has 0 fully saturated rings. The van der Waals surface area contributed by atoms with E-state index in [0.717, 1.165) is 46.8 Å². The minimum Gasteiger partial charge on any atom is -0.463 e. The first-order valence-corrected chi connectivity index (χ1v) is 7.17. The minimum atomic E-state index is 0.771. The highest BCUT2D eigenvalue weighted by Crippen LogP contribution is 2.17. The lowest BCUT2D eigenvalue weighted by Gasteiger charge is -2.01. The first kappa shape index (κ1) is 12.8. The number of aromatic nitrogens is 4. The summed E-state index contributed by atoms with van der Waals surface area (Å²) in [5.41, 5.74) is 3.64. The van der Waals surface area contributed by atoms with Crippen LogP contribution in [0.2, 0.25) is 0 Å². The van der Waals surface area contributed by atoms with Gasteiger partial charge in [0.25, 0.3) is 0 Å². The lowest BCUT2D eigenvalue weighted by atomic mass is 10.2. The van der Waals surface area contributed by atoms with Crippen molar-refractivity contribution in [1.29, 1.82) is 0 Å². The molecule has 4 rings (SSSR count). The number of imidazole rings is 1. The van der Waals surface area contributed by atoms with Crippen LogP contribution in [0.4, 0.5) is 0 Å². The van der Waals surface area contributed by atoms with Crippen LogP contribution < -0.4 is 0 Å². The molecular weight excluding hydrogens is 276 g/mol. The fraction of sp³-hybridized carbons (Fsp3) is 0.118. The van der Waals surface area contributed by atoms with Gasteiger partial charge in [-0.1, -0.05) is 12.1 Å². The second kappa shape index (κ2) is 5.44. The molecule has 0 aliphatic rings. The second-order valence-electron chi connectivity index (χ2n) is 5.06. The molecular formula is C17H14N4O. The van der Waals surface area contributed by atoms with Crippen molar-refractivity contribution in [3.05, 3.63) is 66.6 Å². The van der Waals surface area contributed by atoms with Crippen LogP contribution in [0.15, 0.2) is 59.5 Å². The van der Waals surface area contributed by atoms with Gasteiger partial charge in [0, 0.05) is 18.8 Å². The number of H-pyrrole nitrogens is 1. The normalized spacial score (nSPS) is 11.1. The van der Waals surface area contributed by atoms with Gasteiger partial charge in [0.15, 0.2) is 5.76 Å². The Labute approximate surface area is 127 Å². The van der Waals surface area contributed by atoms with E-state index in [9.17, 15) is 0 Å². The third kappa shape index (κ3) is 2.48. The zero-order chi connectivity index (χ0) is 14.8. The number of benzene rings is 1. The lowest BCUT2D eigenvalue weighted by Crippen LogP contribution is -1.97. The Bertz CT molecular complexity index is 896. The van der Waals surface area contributed by atoms with Crippen LogP contribution in [0.25, 0.3) is 22.5 Å². The largest absolute Gasteiger partial charge is 0.463 e. The Kier molecular flexibility index (Phi) is 3.16. The van der Waals surface area contributed by atoms with Gasteiger partial charge in [-0.25, -0.2) is 9.97 Å². The number of rotatable bonds is 4. The van der Waals surface area contributed by atoms with E-state index in [-0.39, 0.29) is 0 Å². The van der Waals surface area contributed by atoms with E-state index in [1.807, 2.05) is 48.8 Å². The Morgan fingerprint density at radius 1 is 0.955 bits per heavy atom. The third-order valence-electron chi connectivity index (χ3n) is 3.52. The zero-order valence-electron chi connectivity index (χ0n) is 11.9. The number of fused-ring (bicyclic) bond motifs is 1. The molecule has 0 radical (unpaired) electrons. The summed E-state index contributed by atoms with van der Waals surface area (Å²) in [6.07, 6.45) is 6.92. The van der Waals surface area contributed by atoms with Crippen LogP contribution in [-0.4, -0.2) is 19.9 Å². The van der Waals surface area contributed by atoms with Gasteiger partial charge in [0.1, 0.15) is 11.5 Å². The van der Waals surface area contributed by atoms with Crippen molar-refractivity contribution in [1.82, 2.24) is 19.9 Å². The predicted octanol–water partition coefficient (Wildman–Crippen LogP) is 3.40. The van der Waals surface area contributed by atoms with E-state index < -0.39 is 0 Å². The fourth-order valence-electron chi connectivity index (χ4n) is 2.40. The summed E-state index contributed by atoms with van der Waals surface area (Å²) in [4.78, 5) is 16.8. The summed E-state index contributed by atoms with van der Waals surface area (Å²) in [7, 11) is 0. The number of aromatic amines is 1. The highest BCUT2D eigenvalue weighted by molar-refractivity contribution is 5.73. The molecule has 1 aromatic carbocycles. The number of para-hydroxylation sites is 2. The molecule has 0 aliphatic carbocycles. The summed E-state index contributed by atoms with van der Waals surface area (Å²) in [5, 5.41) is 0. The Morgan fingerprint density at radius 2 is 1.86 bits per heavy atom. The van der Waals surface area contributed by atoms with Gasteiger partial charge in [-0.05, 0) is 30.7 Å². The molecule has 5 heteroatoms. The third-order valence-corrected chi connectivity index (χ3v) is 3.52. The molecule has 1 N–H and O–H groups in total. The molecule has 4 aromatic rings. The quantitative estimate of drug-likeness (QED) is 0.625. The molecule has 3 heterocycles. The van der Waals surface area contributed by atoms with Gasteiger partial charge < -0.3 is 9.40 Å². The van der Waals surface area contributed by atoms with E-state index >= 15 is 0 Å². The molecule has 0 atom stereocenters. The lowest BCUT2D eigenvalue weighted by molar-refractivity contribution is 0.580. The molecule has 0 saturated heterocycles. The average Bonchev–Trinajstić information content (AvgIpc) is 3.24. The monoisotopic (exact) mass is 290 g/mol. The first-order chi connectivity index (χ1) is 10.9. The number of nitrogens with one attached hydrogen (secondary N) is 1. The summed E-state index contributed by atoms with van der Waals surface area (Å²) in [6.45, 7) is 0. The molecule has 0 aliphatic heterocycles. The van der Waals surface area contributed by atoms with Crippen molar-refractivity contribution < 1.29 is 4.42 Å². The van der Waals surface area contributed by atoms with Gasteiger partial charge >= 0.3 is 0 Å². The van der Waals surface area contributed by atoms with Crippen molar-refractivity contribution >= 4 is 11.0 Å². The van der Waals surface area contributed by atoms with Gasteiger partial charge in [0.05, 0.1) is 23.0 Å². The topological polar surface area (TPSA) is 67.6 Å². The van der Waals surface area contributed by atoms with Crippen molar-refractivity contribution in [3.63, 3.8) is 0 Å². The van der Waals surface area contributed by atoms with Crippen molar-refractivity contribution in [2.75, 3.05) is 0 Å². The molecule has 108 valence electrons. The SMILES string of the molecule is c1coc(-c2c[nH]c(CCc3cnc4ccccc4n3)n2)c1.